The first kappa shape index (κ1) is 51.6. The molecule has 402 valence electrons. The van der Waals surface area contributed by atoms with E-state index in [1.807, 2.05) is 0 Å². The van der Waals surface area contributed by atoms with Crippen molar-refractivity contribution < 1.29 is 135 Å². The Morgan fingerprint density at radius 2 is 0.883 bits per heavy atom. The van der Waals surface area contributed by atoms with Crippen LogP contribution in [0.5, 0.6) is 97.7 Å². The van der Waals surface area contributed by atoms with E-state index in [2.05, 4.69) is 0 Å². The van der Waals surface area contributed by atoms with Crippen molar-refractivity contribution in [1.29, 1.82) is 0 Å². The van der Waals surface area contributed by atoms with Crippen LogP contribution < -0.4 is 4.74 Å². The molecule has 27 nitrogen and oxygen atoms in total. The number of phenols is 16. The number of aliphatic hydroxyl groups is 2. The summed E-state index contributed by atoms with van der Waals surface area (Å²) in [6.45, 7) is 0.0394. The van der Waals surface area contributed by atoms with Crippen LogP contribution in [0.4, 0.5) is 0 Å². The molecule has 0 saturated carbocycles. The molecule has 0 radical (unpaired) electrons. The summed E-state index contributed by atoms with van der Waals surface area (Å²) in [7, 11) is 0. The van der Waals surface area contributed by atoms with Crippen molar-refractivity contribution in [1.82, 2.24) is 0 Å². The molecule has 0 bridgehead atoms. The minimum atomic E-state index is -2.83. The highest BCUT2D eigenvalue weighted by atomic mass is 16.6. The van der Waals surface area contributed by atoms with Gasteiger partial charge in [0.2, 0.25) is 23.0 Å². The fraction of sp³-hybridized carbons (Fsp3) is 0.200. The summed E-state index contributed by atoms with van der Waals surface area (Å²) in [5.41, 5.74) is -10.1. The predicted octanol–water partition coefficient (Wildman–Crippen LogP) is 3.18. The van der Waals surface area contributed by atoms with Crippen molar-refractivity contribution in [3.8, 4) is 120 Å². The van der Waals surface area contributed by atoms with E-state index in [1.54, 1.807) is 0 Å². The summed E-state index contributed by atoms with van der Waals surface area (Å²) < 4.78 is 28.8. The van der Waals surface area contributed by atoms with Crippen molar-refractivity contribution >= 4 is 23.9 Å². The molecule has 27 heteroatoms. The smallest absolute Gasteiger partial charge is 0.339 e. The maximum Gasteiger partial charge on any atom is 0.339 e. The molecule has 0 fully saturated rings. The molecular formula is C50H40O27. The Hall–Kier alpha value is -10.3. The zero-order valence-corrected chi connectivity index (χ0v) is 38.8. The third kappa shape index (κ3) is 8.26. The molecule has 3 aliphatic rings. The highest BCUT2D eigenvalue weighted by Crippen LogP contribution is 2.56. The van der Waals surface area contributed by atoms with E-state index in [4.69, 9.17) is 23.7 Å². The van der Waals surface area contributed by atoms with Gasteiger partial charge in [-0.05, 0) is 42.0 Å². The quantitative estimate of drug-likeness (QED) is 0.0684. The Bertz CT molecular complexity index is 3550. The highest BCUT2D eigenvalue weighted by molar-refractivity contribution is 6.10. The Kier molecular flexibility index (Phi) is 12.5. The number of aromatic hydroxyl groups is 16. The number of ether oxygens (including phenoxy) is 5. The van der Waals surface area contributed by atoms with Gasteiger partial charge in [0.1, 0.15) is 35.6 Å². The van der Waals surface area contributed by atoms with Gasteiger partial charge in [0.15, 0.2) is 69.7 Å². The predicted molar refractivity (Wildman–Crippen MR) is 248 cm³/mol. The summed E-state index contributed by atoms with van der Waals surface area (Å²) >= 11 is 0. The van der Waals surface area contributed by atoms with E-state index in [9.17, 15) is 111 Å². The van der Waals surface area contributed by atoms with Gasteiger partial charge in [-0.1, -0.05) is 13.0 Å². The molecule has 9 rings (SSSR count). The zero-order chi connectivity index (χ0) is 56.1. The average Bonchev–Trinajstić information content (AvgIpc) is 3.48. The third-order valence-corrected chi connectivity index (χ3v) is 13.1. The Morgan fingerprint density at radius 3 is 1.34 bits per heavy atom. The minimum absolute atomic E-state index is 0.0845. The van der Waals surface area contributed by atoms with Gasteiger partial charge in [-0.25, -0.2) is 19.2 Å². The van der Waals surface area contributed by atoms with Crippen LogP contribution in [0.1, 0.15) is 77.3 Å². The normalized spacial score (nSPS) is 20.7. The van der Waals surface area contributed by atoms with Crippen LogP contribution in [-0.2, 0) is 25.4 Å². The number of hydrogen-bond acceptors (Lipinski definition) is 27. The molecule has 7 unspecified atom stereocenters. The molecule has 6 aromatic carbocycles. The lowest BCUT2D eigenvalue weighted by atomic mass is 9.87. The molecule has 0 aliphatic carbocycles. The van der Waals surface area contributed by atoms with Crippen LogP contribution in [0.2, 0.25) is 0 Å². The van der Waals surface area contributed by atoms with Crippen LogP contribution in [0.15, 0.2) is 48.5 Å². The van der Waals surface area contributed by atoms with Crippen molar-refractivity contribution in [2.24, 2.45) is 5.92 Å². The van der Waals surface area contributed by atoms with Crippen LogP contribution >= 0.6 is 0 Å². The first-order valence-electron chi connectivity index (χ1n) is 22.3. The zero-order valence-electron chi connectivity index (χ0n) is 38.8. The maximum absolute atomic E-state index is 14.8. The Balaban J connectivity index is 1.27. The fourth-order valence-electron chi connectivity index (χ4n) is 9.30. The molecule has 0 spiro atoms. The van der Waals surface area contributed by atoms with E-state index in [0.29, 0.717) is 24.3 Å². The first-order valence-corrected chi connectivity index (χ1v) is 22.3. The summed E-state index contributed by atoms with van der Waals surface area (Å²) in [5, 5.41) is 198. The van der Waals surface area contributed by atoms with E-state index in [1.165, 1.54) is 6.07 Å². The van der Waals surface area contributed by atoms with Crippen molar-refractivity contribution in [2.45, 2.75) is 50.0 Å². The number of carbonyl (C=O) groups excluding carboxylic acids is 4. The van der Waals surface area contributed by atoms with E-state index in [0.717, 1.165) is 25.1 Å². The number of cyclic esters (lactones) is 4. The molecular weight excluding hydrogens is 1030 g/mol. The lowest BCUT2D eigenvalue weighted by Gasteiger charge is -2.38. The number of benzene rings is 6. The lowest BCUT2D eigenvalue weighted by molar-refractivity contribution is -0.135. The second-order valence-electron chi connectivity index (χ2n) is 17.9. The molecule has 0 amide bonds. The molecule has 77 heavy (non-hydrogen) atoms. The van der Waals surface area contributed by atoms with Crippen LogP contribution in [0.25, 0.3) is 22.3 Å². The van der Waals surface area contributed by atoms with Crippen LogP contribution in [0, 0.1) is 5.92 Å². The first-order chi connectivity index (χ1) is 36.2. The van der Waals surface area contributed by atoms with Gasteiger partial charge < -0.3 is 116 Å². The largest absolute Gasteiger partial charge is 0.507 e. The number of aliphatic hydroxyl groups excluding tert-OH is 2. The minimum Gasteiger partial charge on any atom is -0.507 e. The number of esters is 4. The number of hydrogen-bond donors (Lipinski definition) is 18. The lowest BCUT2D eigenvalue weighted by Crippen LogP contribution is -2.51. The molecule has 0 aromatic heterocycles. The average molecular weight is 1070 g/mol. The number of phenolic OH excluding ortho intramolecular Hbond substituents is 16. The highest BCUT2D eigenvalue weighted by Gasteiger charge is 2.50. The van der Waals surface area contributed by atoms with E-state index >= 15 is 0 Å². The fourth-order valence-corrected chi connectivity index (χ4v) is 9.30. The van der Waals surface area contributed by atoms with Crippen LogP contribution in [-0.4, -0.2) is 147 Å². The Morgan fingerprint density at radius 1 is 0.455 bits per heavy atom. The van der Waals surface area contributed by atoms with Gasteiger partial charge in [-0.2, -0.15) is 0 Å². The second kappa shape index (κ2) is 18.6. The monoisotopic (exact) mass is 1070 g/mol. The van der Waals surface area contributed by atoms with Gasteiger partial charge in [-0.15, -0.1) is 0 Å². The molecule has 18 N–H and O–H groups in total. The third-order valence-electron chi connectivity index (χ3n) is 13.1. The second-order valence-corrected chi connectivity index (χ2v) is 17.9. The molecule has 0 saturated heterocycles. The van der Waals surface area contributed by atoms with Crippen molar-refractivity contribution in [3.63, 3.8) is 0 Å². The van der Waals surface area contributed by atoms with Gasteiger partial charge in [-0.3, -0.25) is 0 Å². The van der Waals surface area contributed by atoms with E-state index in [-0.39, 0.29) is 16.9 Å². The van der Waals surface area contributed by atoms with Gasteiger partial charge in [0.05, 0.1) is 40.5 Å². The molecule has 3 aliphatic heterocycles. The number of rotatable bonds is 4. The van der Waals surface area contributed by atoms with Crippen molar-refractivity contribution in [3.05, 3.63) is 87.5 Å². The molecule has 7 atom stereocenters. The number of fused-ring (bicyclic) bond motifs is 7. The summed E-state index contributed by atoms with van der Waals surface area (Å²) in [4.78, 5) is 58.3. The van der Waals surface area contributed by atoms with Gasteiger partial charge in [0.25, 0.3) is 0 Å². The van der Waals surface area contributed by atoms with Gasteiger partial charge >= 0.3 is 23.9 Å². The molecule has 6 aromatic rings. The summed E-state index contributed by atoms with van der Waals surface area (Å²) in [6.07, 6.45) is -14.3. The van der Waals surface area contributed by atoms with Crippen molar-refractivity contribution in [2.75, 3.05) is 6.61 Å². The molecule has 3 heterocycles. The topological polar surface area (TPSA) is 479 Å². The maximum atomic E-state index is 14.8. The Labute approximate surface area is 427 Å². The SMILES string of the molecule is CC1COC(=O)c2cc(O)c(O)c(O)c2-c2c(cc(O)c(O)c2O)C(=O)OC1C1OC(=O)c2cc(O)c(O)c(O)c2-c2c(cc(O)c(O)c2O)C(=O)OC1C(O)c1c(O)cc2c(c1O)CC(O)C(c1ccc(O)c(O)c1)O2. The summed E-state index contributed by atoms with van der Waals surface area (Å²) in [6, 6.07) is 5.89. The van der Waals surface area contributed by atoms with E-state index < -0.39 is 222 Å². The van der Waals surface area contributed by atoms with Gasteiger partial charge in [0, 0.05) is 46.2 Å². The van der Waals surface area contributed by atoms with Crippen LogP contribution in [0.3, 0.4) is 0 Å². The standard InChI is InChI=1S/C50H40O27/c1-12-11-73-47(69)15-6-22(54)34(60)38(64)28(15)29-16(7-23(55)35(61)39(29)65)48(70)75-43(12)46-45(42(68)32-21(53)10-27-14(33(32)59)5-26(58)44(74-27)13-2-3-19(51)20(52)4-13)76-49(71)17-8-24(56)36(62)40(66)30(17)31-18(50(72)77-46)9-25(57)37(63)41(31)67/h2-4,6-10,12,26,42-46,51-68H,5,11H2,1H3. The summed E-state index contributed by atoms with van der Waals surface area (Å²) in [5.74, 6) is -29.1. The number of carbonyl (C=O) groups is 4.